The molecule has 0 amide bonds. The number of rotatable bonds is 0. The zero-order chi connectivity index (χ0) is 10.4. The summed E-state index contributed by atoms with van der Waals surface area (Å²) in [4.78, 5) is 1.64. The summed E-state index contributed by atoms with van der Waals surface area (Å²) < 4.78 is 10.6. The maximum absolute atomic E-state index is 9.72. The highest BCUT2D eigenvalue weighted by Gasteiger charge is 2.25. The van der Waals surface area contributed by atoms with Gasteiger partial charge in [0, 0.05) is 7.05 Å². The zero-order valence-electron chi connectivity index (χ0n) is 8.17. The molecule has 0 saturated heterocycles. The van der Waals surface area contributed by atoms with Gasteiger partial charge in [0.2, 0.25) is 0 Å². The van der Waals surface area contributed by atoms with Gasteiger partial charge in [-0.15, -0.1) is 0 Å². The van der Waals surface area contributed by atoms with Crippen molar-refractivity contribution in [2.45, 2.75) is 6.23 Å². The highest BCUT2D eigenvalue weighted by Crippen LogP contribution is 2.36. The van der Waals surface area contributed by atoms with E-state index in [9.17, 15) is 5.11 Å². The Morgan fingerprint density at radius 2 is 2.40 bits per heavy atom. The smallest absolute Gasteiger partial charge is 0.185 e. The molecule has 5 heteroatoms. The standard InChI is InChI=1S/C10H10N2O3/c1-12-8(13)5-14-6-3-2-4-7-9(6)10(12)11-15-7/h2-4,8,13H,5H2,1H3. The molecule has 2 aromatic rings. The first-order valence-electron chi connectivity index (χ1n) is 4.69. The Labute approximate surface area is 85.8 Å². The van der Waals surface area contributed by atoms with Gasteiger partial charge in [0.05, 0.1) is 0 Å². The van der Waals surface area contributed by atoms with Gasteiger partial charge in [-0.3, -0.25) is 0 Å². The van der Waals surface area contributed by atoms with Crippen LogP contribution < -0.4 is 9.64 Å². The highest BCUT2D eigenvalue weighted by atomic mass is 16.5. The van der Waals surface area contributed by atoms with Crippen LogP contribution in [0.2, 0.25) is 0 Å². The monoisotopic (exact) mass is 206 g/mol. The molecule has 15 heavy (non-hydrogen) atoms. The Morgan fingerprint density at radius 1 is 1.53 bits per heavy atom. The van der Waals surface area contributed by atoms with Crippen molar-refractivity contribution < 1.29 is 14.4 Å². The molecule has 0 radical (unpaired) electrons. The first-order chi connectivity index (χ1) is 7.27. The van der Waals surface area contributed by atoms with E-state index in [1.165, 1.54) is 0 Å². The molecule has 1 atom stereocenters. The van der Waals surface area contributed by atoms with Crippen LogP contribution in [-0.4, -0.2) is 30.1 Å². The van der Waals surface area contributed by atoms with E-state index >= 15 is 0 Å². The van der Waals surface area contributed by atoms with Gasteiger partial charge in [0.1, 0.15) is 17.7 Å². The maximum Gasteiger partial charge on any atom is 0.185 e. The summed E-state index contributed by atoms with van der Waals surface area (Å²) in [5.74, 6) is 1.32. The third-order valence-electron chi connectivity index (χ3n) is 2.61. The molecule has 0 saturated carbocycles. The van der Waals surface area contributed by atoms with Gasteiger partial charge in [-0.25, -0.2) is 0 Å². The Bertz CT molecular complexity index is 508. The van der Waals surface area contributed by atoms with Crippen molar-refractivity contribution in [3.05, 3.63) is 18.2 Å². The molecule has 2 heterocycles. The van der Waals surface area contributed by atoms with Gasteiger partial charge in [0.15, 0.2) is 17.6 Å². The predicted molar refractivity (Wildman–Crippen MR) is 53.9 cm³/mol. The lowest BCUT2D eigenvalue weighted by Crippen LogP contribution is -2.35. The second-order valence-corrected chi connectivity index (χ2v) is 3.54. The van der Waals surface area contributed by atoms with E-state index < -0.39 is 6.23 Å². The molecule has 1 N–H and O–H groups in total. The summed E-state index contributed by atoms with van der Waals surface area (Å²) in [5, 5.41) is 14.5. The third-order valence-corrected chi connectivity index (χ3v) is 2.61. The van der Waals surface area contributed by atoms with Crippen LogP contribution in [0.3, 0.4) is 0 Å². The summed E-state index contributed by atoms with van der Waals surface area (Å²) in [6.07, 6.45) is -0.703. The molecule has 5 nitrogen and oxygen atoms in total. The van der Waals surface area contributed by atoms with E-state index in [1.54, 1.807) is 11.9 Å². The number of aromatic nitrogens is 1. The fourth-order valence-electron chi connectivity index (χ4n) is 1.72. The number of nitrogens with zero attached hydrogens (tertiary/aromatic N) is 2. The number of benzene rings is 1. The van der Waals surface area contributed by atoms with Crippen molar-refractivity contribution in [3.8, 4) is 5.75 Å². The summed E-state index contributed by atoms with van der Waals surface area (Å²) >= 11 is 0. The normalized spacial score (nSPS) is 20.1. The van der Waals surface area contributed by atoms with Gasteiger partial charge >= 0.3 is 0 Å². The molecule has 1 aromatic heterocycles. The van der Waals surface area contributed by atoms with Crippen molar-refractivity contribution in [1.82, 2.24) is 5.16 Å². The molecule has 78 valence electrons. The number of aliphatic hydroxyl groups is 1. The summed E-state index contributed by atoms with van der Waals surface area (Å²) in [5.41, 5.74) is 0.670. The summed E-state index contributed by atoms with van der Waals surface area (Å²) in [6.45, 7) is 0.228. The Morgan fingerprint density at radius 3 is 3.27 bits per heavy atom. The lowest BCUT2D eigenvalue weighted by atomic mass is 10.2. The predicted octanol–water partition coefficient (Wildman–Crippen LogP) is 0.975. The number of likely N-dealkylation sites (N-methyl/N-ethyl adjacent to an activating group) is 1. The van der Waals surface area contributed by atoms with E-state index in [2.05, 4.69) is 5.16 Å². The van der Waals surface area contributed by atoms with Crippen LogP contribution in [0.5, 0.6) is 5.75 Å². The average Bonchev–Trinajstić information content (AvgIpc) is 2.63. The van der Waals surface area contributed by atoms with Crippen LogP contribution in [0, 0.1) is 0 Å². The van der Waals surface area contributed by atoms with Gasteiger partial charge in [-0.05, 0) is 12.1 Å². The highest BCUT2D eigenvalue weighted by molar-refractivity contribution is 5.94. The Kier molecular flexibility index (Phi) is 1.63. The van der Waals surface area contributed by atoms with Crippen LogP contribution >= 0.6 is 0 Å². The van der Waals surface area contributed by atoms with Crippen molar-refractivity contribution in [3.63, 3.8) is 0 Å². The van der Waals surface area contributed by atoms with Crippen LogP contribution in [0.15, 0.2) is 22.7 Å². The van der Waals surface area contributed by atoms with Gasteiger partial charge < -0.3 is 19.3 Å². The SMILES string of the molecule is CN1c2noc3cccc(c23)OCC1O. The number of ether oxygens (including phenoxy) is 1. The van der Waals surface area contributed by atoms with E-state index in [0.29, 0.717) is 17.2 Å². The Hall–Kier alpha value is -1.75. The van der Waals surface area contributed by atoms with Gasteiger partial charge in [-0.2, -0.15) is 0 Å². The number of hydrogen-bond donors (Lipinski definition) is 1. The molecule has 0 aliphatic carbocycles. The quantitative estimate of drug-likeness (QED) is 0.696. The van der Waals surface area contributed by atoms with E-state index in [1.807, 2.05) is 18.2 Å². The molecule has 0 fully saturated rings. The molecular formula is C10H10N2O3. The Balaban J connectivity index is 2.33. The fourth-order valence-corrected chi connectivity index (χ4v) is 1.72. The van der Waals surface area contributed by atoms with Crippen LogP contribution in [0.1, 0.15) is 0 Å². The van der Waals surface area contributed by atoms with Crippen LogP contribution in [0.4, 0.5) is 5.82 Å². The van der Waals surface area contributed by atoms with Crippen molar-refractivity contribution >= 4 is 16.8 Å². The molecule has 1 aliphatic heterocycles. The van der Waals surface area contributed by atoms with Crippen molar-refractivity contribution in [2.75, 3.05) is 18.6 Å². The van der Waals surface area contributed by atoms with E-state index in [4.69, 9.17) is 9.26 Å². The first kappa shape index (κ1) is 8.55. The van der Waals surface area contributed by atoms with E-state index in [-0.39, 0.29) is 6.61 Å². The fraction of sp³-hybridized carbons (Fsp3) is 0.300. The van der Waals surface area contributed by atoms with Crippen molar-refractivity contribution in [2.24, 2.45) is 0 Å². The first-order valence-corrected chi connectivity index (χ1v) is 4.69. The summed E-state index contributed by atoms with van der Waals surface area (Å²) in [6, 6.07) is 5.50. The molecule has 0 spiro atoms. The molecule has 1 aromatic carbocycles. The minimum Gasteiger partial charge on any atom is -0.488 e. The topological polar surface area (TPSA) is 58.7 Å². The molecule has 3 rings (SSSR count). The van der Waals surface area contributed by atoms with Gasteiger partial charge in [0.25, 0.3) is 0 Å². The van der Waals surface area contributed by atoms with Crippen molar-refractivity contribution in [1.29, 1.82) is 0 Å². The van der Waals surface area contributed by atoms with Crippen LogP contribution in [-0.2, 0) is 0 Å². The number of aliphatic hydroxyl groups excluding tert-OH is 1. The summed E-state index contributed by atoms with van der Waals surface area (Å²) in [7, 11) is 1.76. The minimum atomic E-state index is -0.703. The molecular weight excluding hydrogens is 196 g/mol. The lowest BCUT2D eigenvalue weighted by Gasteiger charge is -2.19. The number of anilines is 1. The lowest BCUT2D eigenvalue weighted by molar-refractivity contribution is 0.110. The minimum absolute atomic E-state index is 0.228. The largest absolute Gasteiger partial charge is 0.488 e. The second kappa shape index (κ2) is 2.87. The van der Waals surface area contributed by atoms with Gasteiger partial charge in [-0.1, -0.05) is 11.2 Å². The number of hydrogen-bond acceptors (Lipinski definition) is 5. The van der Waals surface area contributed by atoms with E-state index in [0.717, 1.165) is 5.39 Å². The average molecular weight is 206 g/mol. The maximum atomic E-state index is 9.72. The second-order valence-electron chi connectivity index (χ2n) is 3.54. The van der Waals surface area contributed by atoms with Crippen LogP contribution in [0.25, 0.3) is 11.0 Å². The molecule has 1 unspecified atom stereocenters. The zero-order valence-corrected chi connectivity index (χ0v) is 8.17. The molecule has 1 aliphatic rings. The molecule has 0 bridgehead atoms. The third kappa shape index (κ3) is 1.10.